The van der Waals surface area contributed by atoms with Crippen molar-refractivity contribution in [2.75, 3.05) is 0 Å². The van der Waals surface area contributed by atoms with E-state index in [1.54, 1.807) is 18.3 Å². The van der Waals surface area contributed by atoms with Crippen molar-refractivity contribution >= 4 is 17.4 Å². The van der Waals surface area contributed by atoms with Gasteiger partial charge in [-0.2, -0.15) is 0 Å². The van der Waals surface area contributed by atoms with E-state index < -0.39 is 0 Å². The third-order valence-electron chi connectivity index (χ3n) is 3.46. The lowest BCUT2D eigenvalue weighted by Gasteiger charge is -2.26. The standard InChI is InChI=1S/C15H13ClN2O/c1-10-12-3-2-6-18(13(12)7-14(10)19)9-11-4-5-15(16)17-8-11/h2-8,10H,9H2,1H3. The first-order valence-corrected chi connectivity index (χ1v) is 6.54. The largest absolute Gasteiger partial charge is 0.343 e. The Morgan fingerprint density at radius 1 is 1.42 bits per heavy atom. The Bertz CT molecular complexity index is 614. The van der Waals surface area contributed by atoms with Crippen molar-refractivity contribution in [2.24, 2.45) is 5.92 Å². The lowest BCUT2D eigenvalue weighted by atomic mass is 10.00. The number of nitrogens with zero attached hydrogens (tertiary/aromatic N) is 2. The number of carbonyl (C=O) groups is 1. The number of aromatic nitrogens is 1. The predicted octanol–water partition coefficient (Wildman–Crippen LogP) is 3.09. The van der Waals surface area contributed by atoms with E-state index in [0.717, 1.165) is 16.8 Å². The van der Waals surface area contributed by atoms with Crippen LogP contribution in [-0.4, -0.2) is 15.7 Å². The van der Waals surface area contributed by atoms with Crippen LogP contribution in [0.15, 0.2) is 54.0 Å². The molecule has 0 saturated carbocycles. The molecule has 0 aromatic carbocycles. The highest BCUT2D eigenvalue weighted by Crippen LogP contribution is 2.34. The maximum absolute atomic E-state index is 11.8. The molecule has 0 radical (unpaired) electrons. The zero-order valence-corrected chi connectivity index (χ0v) is 11.3. The summed E-state index contributed by atoms with van der Waals surface area (Å²) in [6.45, 7) is 2.63. The highest BCUT2D eigenvalue weighted by Gasteiger charge is 2.30. The molecule has 0 spiro atoms. The van der Waals surface area contributed by atoms with Gasteiger partial charge in [-0.1, -0.05) is 30.7 Å². The summed E-state index contributed by atoms with van der Waals surface area (Å²) >= 11 is 5.78. The number of halogens is 1. The Balaban J connectivity index is 1.85. The first-order chi connectivity index (χ1) is 9.15. The lowest BCUT2D eigenvalue weighted by Crippen LogP contribution is -2.19. The van der Waals surface area contributed by atoms with E-state index in [1.165, 1.54) is 0 Å². The molecule has 1 atom stereocenters. The quantitative estimate of drug-likeness (QED) is 0.776. The number of fused-ring (bicyclic) bond motifs is 1. The summed E-state index contributed by atoms with van der Waals surface area (Å²) in [5.74, 6) is 0.134. The Labute approximate surface area is 116 Å². The van der Waals surface area contributed by atoms with Gasteiger partial charge in [0.25, 0.3) is 0 Å². The minimum atomic E-state index is -0.0363. The maximum atomic E-state index is 11.8. The van der Waals surface area contributed by atoms with Crippen LogP contribution in [0, 0.1) is 5.92 Å². The molecule has 0 fully saturated rings. The molecule has 0 N–H and O–H groups in total. The summed E-state index contributed by atoms with van der Waals surface area (Å²) in [5, 5.41) is 0.488. The highest BCUT2D eigenvalue weighted by molar-refractivity contribution is 6.29. The van der Waals surface area contributed by atoms with Crippen molar-refractivity contribution < 1.29 is 4.79 Å². The van der Waals surface area contributed by atoms with E-state index in [0.29, 0.717) is 11.7 Å². The fraction of sp³-hybridized carbons (Fsp3) is 0.200. The van der Waals surface area contributed by atoms with Gasteiger partial charge in [-0.3, -0.25) is 4.79 Å². The molecule has 4 heteroatoms. The molecule has 2 aliphatic rings. The Hall–Kier alpha value is -1.87. The normalized spacial score (nSPS) is 21.3. The molecule has 3 nitrogen and oxygen atoms in total. The van der Waals surface area contributed by atoms with Crippen molar-refractivity contribution in [1.82, 2.24) is 9.88 Å². The summed E-state index contributed by atoms with van der Waals surface area (Å²) in [6, 6.07) is 3.72. The van der Waals surface area contributed by atoms with Crippen molar-refractivity contribution in [1.29, 1.82) is 0 Å². The molecular weight excluding hydrogens is 260 g/mol. The zero-order valence-electron chi connectivity index (χ0n) is 10.5. The lowest BCUT2D eigenvalue weighted by molar-refractivity contribution is -0.116. The fourth-order valence-electron chi connectivity index (χ4n) is 2.36. The minimum Gasteiger partial charge on any atom is -0.343 e. The number of ketones is 1. The molecule has 3 rings (SSSR count). The van der Waals surface area contributed by atoms with Gasteiger partial charge < -0.3 is 4.90 Å². The number of hydrogen-bond donors (Lipinski definition) is 0. The van der Waals surface area contributed by atoms with Crippen LogP contribution in [0.4, 0.5) is 0 Å². The van der Waals surface area contributed by atoms with Gasteiger partial charge in [-0.25, -0.2) is 4.98 Å². The summed E-state index contributed by atoms with van der Waals surface area (Å²) in [5.41, 5.74) is 3.15. The Morgan fingerprint density at radius 3 is 3.00 bits per heavy atom. The predicted molar refractivity (Wildman–Crippen MR) is 74.3 cm³/mol. The Kier molecular flexibility index (Phi) is 2.99. The van der Waals surface area contributed by atoms with Crippen LogP contribution in [0.25, 0.3) is 0 Å². The second-order valence-corrected chi connectivity index (χ2v) is 5.12. The van der Waals surface area contributed by atoms with Crippen LogP contribution in [0.3, 0.4) is 0 Å². The first kappa shape index (κ1) is 12.2. The molecule has 1 unspecified atom stereocenters. The molecule has 96 valence electrons. The van der Waals surface area contributed by atoms with E-state index in [4.69, 9.17) is 11.6 Å². The maximum Gasteiger partial charge on any atom is 0.165 e. The van der Waals surface area contributed by atoms with Crippen LogP contribution in [0.1, 0.15) is 12.5 Å². The molecule has 1 aromatic rings. The van der Waals surface area contributed by atoms with Crippen LogP contribution in [-0.2, 0) is 11.3 Å². The van der Waals surface area contributed by atoms with Gasteiger partial charge in [0.2, 0.25) is 0 Å². The van der Waals surface area contributed by atoms with Gasteiger partial charge in [0.05, 0.1) is 0 Å². The van der Waals surface area contributed by atoms with Crippen molar-refractivity contribution in [3.05, 3.63) is 64.7 Å². The van der Waals surface area contributed by atoms with Gasteiger partial charge in [0.1, 0.15) is 5.15 Å². The SMILES string of the molecule is CC1C(=O)C=C2C1=CC=CN2Cc1ccc(Cl)nc1. The van der Waals surface area contributed by atoms with Crippen molar-refractivity contribution in [3.63, 3.8) is 0 Å². The van der Waals surface area contributed by atoms with Gasteiger partial charge in [0, 0.05) is 36.6 Å². The molecule has 1 aliphatic carbocycles. The van der Waals surface area contributed by atoms with E-state index >= 15 is 0 Å². The summed E-state index contributed by atoms with van der Waals surface area (Å²) in [4.78, 5) is 17.9. The third kappa shape index (κ3) is 2.22. The number of pyridine rings is 1. The molecule has 2 heterocycles. The highest BCUT2D eigenvalue weighted by atomic mass is 35.5. The zero-order chi connectivity index (χ0) is 13.4. The van der Waals surface area contributed by atoms with E-state index in [-0.39, 0.29) is 11.7 Å². The van der Waals surface area contributed by atoms with Crippen molar-refractivity contribution in [2.45, 2.75) is 13.5 Å². The van der Waals surface area contributed by atoms with Gasteiger partial charge >= 0.3 is 0 Å². The number of allylic oxidation sites excluding steroid dienone is 4. The molecule has 1 aromatic heterocycles. The summed E-state index contributed by atoms with van der Waals surface area (Å²) < 4.78 is 0. The van der Waals surface area contributed by atoms with Crippen molar-refractivity contribution in [3.8, 4) is 0 Å². The van der Waals surface area contributed by atoms with Crippen LogP contribution >= 0.6 is 11.6 Å². The van der Waals surface area contributed by atoms with Crippen LogP contribution in [0.2, 0.25) is 5.15 Å². The third-order valence-corrected chi connectivity index (χ3v) is 3.68. The molecule has 0 bridgehead atoms. The Morgan fingerprint density at radius 2 is 2.26 bits per heavy atom. The van der Waals surface area contributed by atoms with E-state index in [2.05, 4.69) is 9.88 Å². The van der Waals surface area contributed by atoms with Crippen LogP contribution < -0.4 is 0 Å². The monoisotopic (exact) mass is 272 g/mol. The summed E-state index contributed by atoms with van der Waals surface area (Å²) in [7, 11) is 0. The second-order valence-electron chi connectivity index (χ2n) is 4.73. The van der Waals surface area contributed by atoms with E-state index in [1.807, 2.05) is 31.3 Å². The van der Waals surface area contributed by atoms with Crippen LogP contribution in [0.5, 0.6) is 0 Å². The molecule has 19 heavy (non-hydrogen) atoms. The summed E-state index contributed by atoms with van der Waals surface area (Å²) in [6.07, 6.45) is 9.46. The van der Waals surface area contributed by atoms with E-state index in [9.17, 15) is 4.79 Å². The van der Waals surface area contributed by atoms with Gasteiger partial charge in [-0.05, 0) is 23.3 Å². The number of hydrogen-bond acceptors (Lipinski definition) is 3. The average Bonchev–Trinajstić information content (AvgIpc) is 2.70. The number of carbonyl (C=O) groups excluding carboxylic acids is 1. The molecular formula is C15H13ClN2O. The number of rotatable bonds is 2. The second kappa shape index (κ2) is 4.67. The van der Waals surface area contributed by atoms with Gasteiger partial charge in [0.15, 0.2) is 5.78 Å². The average molecular weight is 273 g/mol. The minimum absolute atomic E-state index is 0.0363. The molecule has 1 aliphatic heterocycles. The first-order valence-electron chi connectivity index (χ1n) is 6.16. The van der Waals surface area contributed by atoms with Gasteiger partial charge in [-0.15, -0.1) is 0 Å². The fourth-order valence-corrected chi connectivity index (χ4v) is 2.47. The molecule has 0 saturated heterocycles. The topological polar surface area (TPSA) is 33.2 Å². The smallest absolute Gasteiger partial charge is 0.165 e. The molecule has 0 amide bonds.